The van der Waals surface area contributed by atoms with Crippen LogP contribution in [0.4, 0.5) is 0 Å². The highest BCUT2D eigenvalue weighted by molar-refractivity contribution is 5.80. The minimum Gasteiger partial charge on any atom is -0.454 e. The summed E-state index contributed by atoms with van der Waals surface area (Å²) in [5.74, 6) is -1.21. The molecule has 1 heterocycles. The van der Waals surface area contributed by atoms with Crippen LogP contribution in [0.2, 0.25) is 0 Å². The first-order chi connectivity index (χ1) is 32.2. The minimum absolute atomic E-state index is 0.113. The average molecular weight is 934 g/mol. The number of ether oxygens (including phenoxy) is 3. The molecule has 0 spiro atoms. The fourth-order valence-corrected chi connectivity index (χ4v) is 8.14. The Labute approximate surface area is 402 Å². The Kier molecular flexibility index (Phi) is 41.0. The molecule has 1 rings (SSSR count). The number of rotatable bonds is 44. The molecule has 1 fully saturated rings. The molecule has 384 valence electrons. The molecule has 6 N–H and O–H groups in total. The van der Waals surface area contributed by atoms with Gasteiger partial charge in [0, 0.05) is 6.42 Å². The quantitative estimate of drug-likeness (QED) is 0.0196. The van der Waals surface area contributed by atoms with Gasteiger partial charge in [0.15, 0.2) is 12.4 Å². The largest absolute Gasteiger partial charge is 0.454 e. The van der Waals surface area contributed by atoms with Gasteiger partial charge in [0.05, 0.1) is 25.4 Å². The van der Waals surface area contributed by atoms with Crippen molar-refractivity contribution in [2.24, 2.45) is 0 Å². The Morgan fingerprint density at radius 3 is 1.68 bits per heavy atom. The molecular weight excluding hydrogens is 835 g/mol. The van der Waals surface area contributed by atoms with Crippen molar-refractivity contribution in [1.82, 2.24) is 5.32 Å². The fourth-order valence-electron chi connectivity index (χ4n) is 8.14. The number of nitrogens with one attached hydrogen (secondary N) is 1. The van der Waals surface area contributed by atoms with E-state index in [0.717, 1.165) is 96.3 Å². The first kappa shape index (κ1) is 61.6. The van der Waals surface area contributed by atoms with E-state index < -0.39 is 67.4 Å². The van der Waals surface area contributed by atoms with Crippen LogP contribution in [0.15, 0.2) is 48.6 Å². The van der Waals surface area contributed by atoms with E-state index in [2.05, 4.69) is 62.5 Å². The number of aliphatic hydroxyl groups excluding tert-OH is 5. The highest BCUT2D eigenvalue weighted by atomic mass is 16.7. The van der Waals surface area contributed by atoms with Gasteiger partial charge in [-0.1, -0.05) is 198 Å². The van der Waals surface area contributed by atoms with Gasteiger partial charge < -0.3 is 45.1 Å². The molecule has 1 amide bonds. The molecule has 0 bridgehead atoms. The van der Waals surface area contributed by atoms with Gasteiger partial charge in [-0.3, -0.25) is 9.59 Å². The van der Waals surface area contributed by atoms with Crippen LogP contribution in [-0.2, 0) is 23.8 Å². The number of hydrogen-bond acceptors (Lipinski definition) is 10. The van der Waals surface area contributed by atoms with Crippen molar-refractivity contribution in [1.29, 1.82) is 0 Å². The molecule has 0 radical (unpaired) electrons. The zero-order valence-electron chi connectivity index (χ0n) is 42.1. The molecule has 1 aliphatic rings. The zero-order chi connectivity index (χ0) is 48.3. The first-order valence-corrected chi connectivity index (χ1v) is 26.9. The Balaban J connectivity index is 2.77. The van der Waals surface area contributed by atoms with Gasteiger partial charge in [-0.15, -0.1) is 0 Å². The van der Waals surface area contributed by atoms with Gasteiger partial charge in [-0.2, -0.15) is 0 Å². The second-order valence-corrected chi connectivity index (χ2v) is 18.6. The third-order valence-corrected chi connectivity index (χ3v) is 12.5. The molecule has 1 aliphatic heterocycles. The molecule has 0 aromatic rings. The predicted octanol–water partition coefficient (Wildman–Crippen LogP) is 11.3. The molecule has 0 saturated carbocycles. The SMILES string of the molecule is CC/C=C/C/C=C/CCCCCCCCCC(=O)OC1C(OCC(NC(=O)C(O)CCCCCC/C=C\CCCC)C(O)/C=C/CCCCCCCCCCCCC)OC(CO)C(O)C1O. The van der Waals surface area contributed by atoms with Crippen molar-refractivity contribution in [3.05, 3.63) is 48.6 Å². The van der Waals surface area contributed by atoms with E-state index in [4.69, 9.17) is 14.2 Å². The Morgan fingerprint density at radius 1 is 0.606 bits per heavy atom. The summed E-state index contributed by atoms with van der Waals surface area (Å²) in [7, 11) is 0. The number of allylic oxidation sites excluding steroid dienone is 7. The maximum absolute atomic E-state index is 13.3. The molecule has 66 heavy (non-hydrogen) atoms. The lowest BCUT2D eigenvalue weighted by atomic mass is 9.99. The summed E-state index contributed by atoms with van der Waals surface area (Å²) >= 11 is 0. The smallest absolute Gasteiger partial charge is 0.306 e. The van der Waals surface area contributed by atoms with Crippen molar-refractivity contribution in [2.45, 2.75) is 275 Å². The van der Waals surface area contributed by atoms with Crippen LogP contribution in [0.25, 0.3) is 0 Å². The average Bonchev–Trinajstić information content (AvgIpc) is 3.31. The molecule has 0 aliphatic carbocycles. The van der Waals surface area contributed by atoms with E-state index in [-0.39, 0.29) is 19.4 Å². The van der Waals surface area contributed by atoms with Crippen LogP contribution < -0.4 is 5.32 Å². The highest BCUT2D eigenvalue weighted by Gasteiger charge is 2.47. The number of unbranched alkanes of at least 4 members (excludes halogenated alkanes) is 24. The van der Waals surface area contributed by atoms with Gasteiger partial charge in [-0.25, -0.2) is 0 Å². The van der Waals surface area contributed by atoms with Crippen LogP contribution >= 0.6 is 0 Å². The third kappa shape index (κ3) is 32.4. The number of carbonyl (C=O) groups excluding carboxylic acids is 2. The summed E-state index contributed by atoms with van der Waals surface area (Å²) in [4.78, 5) is 26.3. The van der Waals surface area contributed by atoms with E-state index in [1.54, 1.807) is 6.08 Å². The standard InChI is InChI=1S/C55H99NO10/c1-4-7-10-13-16-19-22-24-26-28-31-34-37-40-43-50(60)66-53-52(62)51(61)49(44-57)65-55(53)64-45-46(47(58)41-38-35-32-30-27-25-23-20-17-14-11-8-5-2)56-54(63)48(59)42-39-36-33-29-21-18-15-12-9-6-3/h7,10,15-16,18-19,38,41,46-49,51-53,55,57-59,61-62H,4-6,8-9,11-14,17,20-37,39-40,42-45H2,1-3H3,(H,56,63)/b10-7+,18-15-,19-16+,41-38+. The number of carbonyl (C=O) groups is 2. The lowest BCUT2D eigenvalue weighted by Gasteiger charge is -2.41. The summed E-state index contributed by atoms with van der Waals surface area (Å²) in [5, 5.41) is 56.6. The van der Waals surface area contributed by atoms with Crippen LogP contribution in [0.1, 0.15) is 226 Å². The van der Waals surface area contributed by atoms with E-state index in [0.29, 0.717) is 12.8 Å². The Morgan fingerprint density at radius 2 is 1.11 bits per heavy atom. The number of esters is 1. The molecular formula is C55H99NO10. The lowest BCUT2D eigenvalue weighted by Crippen LogP contribution is -2.61. The first-order valence-electron chi connectivity index (χ1n) is 26.9. The predicted molar refractivity (Wildman–Crippen MR) is 269 cm³/mol. The molecule has 8 unspecified atom stereocenters. The monoisotopic (exact) mass is 934 g/mol. The highest BCUT2D eigenvalue weighted by Crippen LogP contribution is 2.26. The van der Waals surface area contributed by atoms with Gasteiger partial charge in [0.2, 0.25) is 5.91 Å². The molecule has 0 aromatic carbocycles. The summed E-state index contributed by atoms with van der Waals surface area (Å²) in [6, 6.07) is -1.03. The molecule has 1 saturated heterocycles. The minimum atomic E-state index is -1.62. The van der Waals surface area contributed by atoms with E-state index in [1.165, 1.54) is 83.5 Å². The molecule has 0 aromatic heterocycles. The van der Waals surface area contributed by atoms with Gasteiger partial charge in [0.25, 0.3) is 0 Å². The third-order valence-electron chi connectivity index (χ3n) is 12.5. The van der Waals surface area contributed by atoms with Crippen molar-refractivity contribution < 1.29 is 49.3 Å². The van der Waals surface area contributed by atoms with Crippen molar-refractivity contribution >= 4 is 11.9 Å². The molecule has 11 heteroatoms. The number of aliphatic hydroxyl groups is 5. The van der Waals surface area contributed by atoms with Gasteiger partial charge in [-0.05, 0) is 70.6 Å². The lowest BCUT2D eigenvalue weighted by molar-refractivity contribution is -0.305. The summed E-state index contributed by atoms with van der Waals surface area (Å²) in [5.41, 5.74) is 0. The van der Waals surface area contributed by atoms with E-state index in [9.17, 15) is 35.1 Å². The van der Waals surface area contributed by atoms with Crippen LogP contribution in [0, 0.1) is 0 Å². The zero-order valence-corrected chi connectivity index (χ0v) is 42.1. The topological polar surface area (TPSA) is 175 Å². The van der Waals surface area contributed by atoms with Crippen molar-refractivity contribution in [3.63, 3.8) is 0 Å². The summed E-state index contributed by atoms with van der Waals surface area (Å²) < 4.78 is 17.5. The number of hydrogen-bond donors (Lipinski definition) is 6. The molecule has 8 atom stereocenters. The van der Waals surface area contributed by atoms with Gasteiger partial charge >= 0.3 is 5.97 Å². The Hall–Kier alpha value is -2.38. The number of amides is 1. The van der Waals surface area contributed by atoms with Crippen LogP contribution in [-0.4, -0.2) is 99.6 Å². The Bertz CT molecular complexity index is 1260. The van der Waals surface area contributed by atoms with Crippen molar-refractivity contribution in [2.75, 3.05) is 13.2 Å². The second-order valence-electron chi connectivity index (χ2n) is 18.6. The van der Waals surface area contributed by atoms with E-state index >= 15 is 0 Å². The normalized spacial score (nSPS) is 20.5. The maximum Gasteiger partial charge on any atom is 0.306 e. The second kappa shape index (κ2) is 43.9. The van der Waals surface area contributed by atoms with Gasteiger partial charge in [0.1, 0.15) is 24.4 Å². The summed E-state index contributed by atoms with van der Waals surface area (Å²) in [6.45, 7) is 5.60. The maximum atomic E-state index is 13.3. The molecule has 11 nitrogen and oxygen atoms in total. The van der Waals surface area contributed by atoms with E-state index in [1.807, 2.05) is 6.08 Å². The van der Waals surface area contributed by atoms with Crippen molar-refractivity contribution in [3.8, 4) is 0 Å². The summed E-state index contributed by atoms with van der Waals surface area (Å²) in [6.07, 6.45) is 40.2. The van der Waals surface area contributed by atoms with Crippen LogP contribution in [0.3, 0.4) is 0 Å². The fraction of sp³-hybridized carbons (Fsp3) is 0.818. The van der Waals surface area contributed by atoms with Crippen LogP contribution in [0.5, 0.6) is 0 Å².